The van der Waals surface area contributed by atoms with E-state index in [-0.39, 0.29) is 0 Å². The zero-order chi connectivity index (χ0) is 20.8. The summed E-state index contributed by atoms with van der Waals surface area (Å²) in [5.74, 6) is 2.60. The highest BCUT2D eigenvalue weighted by Gasteiger charge is 2.17. The van der Waals surface area contributed by atoms with E-state index in [1.165, 1.54) is 43.2 Å². The zero-order valence-electron chi connectivity index (χ0n) is 17.3. The second-order valence-electron chi connectivity index (χ2n) is 8.30. The van der Waals surface area contributed by atoms with Crippen LogP contribution < -0.4 is 10.6 Å². The number of nitrogens with one attached hydrogen (secondary N) is 2. The highest BCUT2D eigenvalue weighted by atomic mass is 127. The number of ether oxygens (including phenoxy) is 1. The number of hydrogen-bond acceptors (Lipinski definition) is 5. The molecule has 3 heterocycles. The first-order valence-corrected chi connectivity index (χ1v) is 13.6. The van der Waals surface area contributed by atoms with Gasteiger partial charge in [0, 0.05) is 45.6 Å². The monoisotopic (exact) mass is 632 g/mol. The molecule has 0 bridgehead atoms. The van der Waals surface area contributed by atoms with Gasteiger partial charge in [0.25, 0.3) is 0 Å². The van der Waals surface area contributed by atoms with Gasteiger partial charge in [0.15, 0.2) is 0 Å². The second-order valence-corrected chi connectivity index (χ2v) is 10.2. The van der Waals surface area contributed by atoms with Crippen LogP contribution in [-0.4, -0.2) is 35.8 Å². The standard InChI is InChI=1S/C23H30I2N4O/c24-13-17-6-7-21(26-14-16-8-10-30-11-9-16)29-23(17)19-12-22(27-15-20(19)25)28-18-4-2-1-3-5-18/h6-7,12,15-16,18H,1-5,8-11,13-14H2,(H,26,29)(H,27,28). The van der Waals surface area contributed by atoms with E-state index < -0.39 is 0 Å². The van der Waals surface area contributed by atoms with Crippen molar-refractivity contribution in [3.05, 3.63) is 33.5 Å². The van der Waals surface area contributed by atoms with Gasteiger partial charge in [-0.05, 0) is 71.9 Å². The molecule has 0 unspecified atom stereocenters. The summed E-state index contributed by atoms with van der Waals surface area (Å²) in [4.78, 5) is 9.70. The van der Waals surface area contributed by atoms with Crippen molar-refractivity contribution >= 4 is 56.8 Å². The topological polar surface area (TPSA) is 59.1 Å². The molecule has 0 amide bonds. The van der Waals surface area contributed by atoms with Gasteiger partial charge in [-0.2, -0.15) is 0 Å². The first-order chi connectivity index (χ1) is 14.7. The molecule has 1 saturated carbocycles. The lowest BCUT2D eigenvalue weighted by atomic mass is 9.95. The van der Waals surface area contributed by atoms with E-state index in [2.05, 4.69) is 79.0 Å². The molecule has 5 nitrogen and oxygen atoms in total. The first-order valence-electron chi connectivity index (χ1n) is 11.0. The molecule has 1 saturated heterocycles. The summed E-state index contributed by atoms with van der Waals surface area (Å²) in [5.41, 5.74) is 3.50. The fourth-order valence-corrected chi connectivity index (χ4v) is 5.45. The van der Waals surface area contributed by atoms with Crippen LogP contribution in [0.25, 0.3) is 11.3 Å². The van der Waals surface area contributed by atoms with Gasteiger partial charge in [-0.15, -0.1) is 0 Å². The Morgan fingerprint density at radius 2 is 1.83 bits per heavy atom. The van der Waals surface area contributed by atoms with E-state index in [0.717, 1.165) is 57.9 Å². The zero-order valence-corrected chi connectivity index (χ0v) is 21.6. The smallest absolute Gasteiger partial charge is 0.126 e. The number of alkyl halides is 1. The lowest BCUT2D eigenvalue weighted by molar-refractivity contribution is 0.0699. The van der Waals surface area contributed by atoms with Crippen molar-refractivity contribution in [2.24, 2.45) is 5.92 Å². The van der Waals surface area contributed by atoms with Crippen molar-refractivity contribution in [3.8, 4) is 11.3 Å². The largest absolute Gasteiger partial charge is 0.381 e. The van der Waals surface area contributed by atoms with Crippen molar-refractivity contribution in [1.29, 1.82) is 0 Å². The Morgan fingerprint density at radius 1 is 1.03 bits per heavy atom. The van der Waals surface area contributed by atoms with E-state index in [1.807, 2.05) is 6.20 Å². The molecule has 2 aromatic rings. The van der Waals surface area contributed by atoms with Crippen LogP contribution in [0.5, 0.6) is 0 Å². The molecule has 30 heavy (non-hydrogen) atoms. The van der Waals surface area contributed by atoms with Crippen LogP contribution >= 0.6 is 45.2 Å². The molecule has 0 aromatic carbocycles. The number of halogens is 2. The van der Waals surface area contributed by atoms with Gasteiger partial charge in [0.2, 0.25) is 0 Å². The molecule has 2 aliphatic rings. The minimum Gasteiger partial charge on any atom is -0.381 e. The molecule has 1 aliphatic carbocycles. The van der Waals surface area contributed by atoms with Crippen LogP contribution in [0.3, 0.4) is 0 Å². The predicted octanol–water partition coefficient (Wildman–Crippen LogP) is 6.27. The number of pyridine rings is 2. The quantitative estimate of drug-likeness (QED) is 0.279. The summed E-state index contributed by atoms with van der Waals surface area (Å²) in [7, 11) is 0. The van der Waals surface area contributed by atoms with Crippen LogP contribution in [0.2, 0.25) is 0 Å². The Balaban J connectivity index is 1.54. The molecule has 0 spiro atoms. The maximum absolute atomic E-state index is 5.48. The molecule has 162 valence electrons. The van der Waals surface area contributed by atoms with Crippen LogP contribution in [0.15, 0.2) is 24.4 Å². The van der Waals surface area contributed by atoms with Gasteiger partial charge in [-0.25, -0.2) is 9.97 Å². The van der Waals surface area contributed by atoms with Crippen molar-refractivity contribution in [2.45, 2.75) is 55.4 Å². The summed E-state index contributed by atoms with van der Waals surface area (Å²) in [6.07, 6.45) is 10.7. The molecule has 2 aromatic heterocycles. The average Bonchev–Trinajstić information content (AvgIpc) is 2.80. The molecule has 0 atom stereocenters. The van der Waals surface area contributed by atoms with Gasteiger partial charge >= 0.3 is 0 Å². The highest BCUT2D eigenvalue weighted by molar-refractivity contribution is 14.1. The summed E-state index contributed by atoms with van der Waals surface area (Å²) in [6, 6.07) is 7.07. The molecule has 0 radical (unpaired) electrons. The highest BCUT2D eigenvalue weighted by Crippen LogP contribution is 2.32. The second kappa shape index (κ2) is 11.3. The minimum absolute atomic E-state index is 0.545. The fraction of sp³-hybridized carbons (Fsp3) is 0.565. The number of anilines is 2. The van der Waals surface area contributed by atoms with Gasteiger partial charge in [-0.1, -0.05) is 47.9 Å². The molecule has 1 aliphatic heterocycles. The van der Waals surface area contributed by atoms with Crippen molar-refractivity contribution in [2.75, 3.05) is 30.4 Å². The van der Waals surface area contributed by atoms with Crippen molar-refractivity contribution in [3.63, 3.8) is 0 Å². The lowest BCUT2D eigenvalue weighted by Crippen LogP contribution is -2.23. The number of nitrogens with zero attached hydrogens (tertiary/aromatic N) is 2. The van der Waals surface area contributed by atoms with Crippen LogP contribution in [-0.2, 0) is 9.16 Å². The summed E-state index contributed by atoms with van der Waals surface area (Å²) >= 11 is 4.82. The van der Waals surface area contributed by atoms with Gasteiger partial charge in [0.1, 0.15) is 11.6 Å². The molecule has 7 heteroatoms. The number of rotatable bonds is 7. The predicted molar refractivity (Wildman–Crippen MR) is 140 cm³/mol. The maximum Gasteiger partial charge on any atom is 0.126 e. The van der Waals surface area contributed by atoms with Crippen LogP contribution in [0.4, 0.5) is 11.6 Å². The van der Waals surface area contributed by atoms with E-state index in [1.54, 1.807) is 0 Å². The third-order valence-electron chi connectivity index (χ3n) is 6.10. The van der Waals surface area contributed by atoms with E-state index in [4.69, 9.17) is 9.72 Å². The van der Waals surface area contributed by atoms with E-state index in [9.17, 15) is 0 Å². The summed E-state index contributed by atoms with van der Waals surface area (Å²) in [5, 5.41) is 7.24. The first kappa shape index (κ1) is 22.5. The third kappa shape index (κ3) is 5.97. The molecular weight excluding hydrogens is 602 g/mol. The minimum atomic E-state index is 0.545. The van der Waals surface area contributed by atoms with Crippen molar-refractivity contribution < 1.29 is 4.74 Å². The molecular formula is C23H30I2N4O. The SMILES string of the molecule is ICc1ccc(NCC2CCOCC2)nc1-c1cc(NC2CCCCC2)ncc1I. The fourth-order valence-electron chi connectivity index (χ4n) is 4.28. The molecule has 4 rings (SSSR count). The number of aromatic nitrogens is 2. The Kier molecular flexibility index (Phi) is 8.45. The Labute approximate surface area is 206 Å². The molecule has 2 N–H and O–H groups in total. The van der Waals surface area contributed by atoms with E-state index in [0.29, 0.717) is 12.0 Å². The number of hydrogen-bond donors (Lipinski definition) is 2. The lowest BCUT2D eigenvalue weighted by Gasteiger charge is -2.24. The Morgan fingerprint density at radius 3 is 2.60 bits per heavy atom. The van der Waals surface area contributed by atoms with Crippen LogP contribution in [0.1, 0.15) is 50.5 Å². The Hall–Kier alpha value is -0.680. The summed E-state index contributed by atoms with van der Waals surface area (Å²) < 4.78 is 7.56. The van der Waals surface area contributed by atoms with Gasteiger partial charge < -0.3 is 15.4 Å². The van der Waals surface area contributed by atoms with Gasteiger partial charge in [-0.3, -0.25) is 0 Å². The Bertz CT molecular complexity index is 836. The van der Waals surface area contributed by atoms with Crippen molar-refractivity contribution in [1.82, 2.24) is 9.97 Å². The normalized spacial score (nSPS) is 18.3. The van der Waals surface area contributed by atoms with Gasteiger partial charge in [0.05, 0.1) is 5.69 Å². The van der Waals surface area contributed by atoms with Crippen LogP contribution in [0, 0.1) is 9.49 Å². The third-order valence-corrected chi connectivity index (χ3v) is 7.78. The van der Waals surface area contributed by atoms with E-state index >= 15 is 0 Å². The maximum atomic E-state index is 5.48. The molecule has 2 fully saturated rings. The summed E-state index contributed by atoms with van der Waals surface area (Å²) in [6.45, 7) is 2.72. The average molecular weight is 632 g/mol.